The lowest BCUT2D eigenvalue weighted by atomic mass is 9.75. The summed E-state index contributed by atoms with van der Waals surface area (Å²) in [5, 5.41) is 43.8. The van der Waals surface area contributed by atoms with Crippen LogP contribution in [0.4, 0.5) is 0 Å². The van der Waals surface area contributed by atoms with Gasteiger partial charge >= 0.3 is 5.97 Å². The van der Waals surface area contributed by atoms with Gasteiger partial charge in [0.2, 0.25) is 0 Å². The van der Waals surface area contributed by atoms with Crippen molar-refractivity contribution >= 4 is 11.8 Å². The molecule has 0 spiro atoms. The number of carbonyl (C=O) groups excluding carboxylic acids is 2. The molecule has 0 radical (unpaired) electrons. The monoisotopic (exact) mass is 530 g/mol. The summed E-state index contributed by atoms with van der Waals surface area (Å²) >= 11 is 0. The zero-order valence-corrected chi connectivity index (χ0v) is 24.0. The molecule has 0 bridgehead atoms. The second-order valence-corrected chi connectivity index (χ2v) is 12.3. The quantitative estimate of drug-likeness (QED) is 0.405. The first-order valence-electron chi connectivity index (χ1n) is 13.8. The van der Waals surface area contributed by atoms with Gasteiger partial charge in [-0.1, -0.05) is 34.6 Å². The summed E-state index contributed by atoms with van der Waals surface area (Å²) in [6.07, 6.45) is -3.88. The van der Waals surface area contributed by atoms with Gasteiger partial charge in [-0.15, -0.1) is 0 Å². The van der Waals surface area contributed by atoms with Crippen molar-refractivity contribution in [1.82, 2.24) is 0 Å². The number of rotatable bonds is 3. The van der Waals surface area contributed by atoms with Gasteiger partial charge in [0.15, 0.2) is 6.29 Å². The number of aliphatic hydroxyl groups excluding tert-OH is 2. The van der Waals surface area contributed by atoms with E-state index in [-0.39, 0.29) is 36.9 Å². The Morgan fingerprint density at radius 1 is 0.946 bits per heavy atom. The SMILES string of the molecule is CC[C@H]1OC(=O)[C@H](C)[C@@H](O[C@H]2C[C@H](C)[C@@H](O)[C@H](C)O2)[C@H](C)C[C@](C)(O)C[C@@H](C)C(=O)[C@H](C)[C@@H](O)[C@]1(C)O. The van der Waals surface area contributed by atoms with E-state index in [1.54, 1.807) is 41.5 Å². The highest BCUT2D eigenvalue weighted by atomic mass is 16.7. The van der Waals surface area contributed by atoms with Crippen LogP contribution >= 0.6 is 0 Å². The Labute approximate surface area is 221 Å². The molecule has 216 valence electrons. The third kappa shape index (κ3) is 7.51. The number of hydrogen-bond acceptors (Lipinski definition) is 9. The number of esters is 1. The van der Waals surface area contributed by atoms with E-state index in [1.807, 2.05) is 13.8 Å². The Morgan fingerprint density at radius 2 is 1.54 bits per heavy atom. The lowest BCUT2D eigenvalue weighted by Crippen LogP contribution is -2.56. The third-order valence-electron chi connectivity index (χ3n) is 8.52. The van der Waals surface area contributed by atoms with Crippen LogP contribution in [0.5, 0.6) is 0 Å². The van der Waals surface area contributed by atoms with Gasteiger partial charge in [0, 0.05) is 18.3 Å². The minimum absolute atomic E-state index is 0.0668. The van der Waals surface area contributed by atoms with Crippen LogP contribution in [0.25, 0.3) is 0 Å². The number of cyclic esters (lactones) is 1. The predicted octanol–water partition coefficient (Wildman–Crippen LogP) is 2.60. The number of carbonyl (C=O) groups is 2. The topological polar surface area (TPSA) is 143 Å². The minimum Gasteiger partial charge on any atom is -0.459 e. The molecule has 9 nitrogen and oxygen atoms in total. The Hall–Kier alpha value is -1.10. The summed E-state index contributed by atoms with van der Waals surface area (Å²) in [6.45, 7) is 15.3. The zero-order chi connectivity index (χ0) is 28.5. The van der Waals surface area contributed by atoms with E-state index >= 15 is 0 Å². The Balaban J connectivity index is 2.44. The highest BCUT2D eigenvalue weighted by Crippen LogP contribution is 2.36. The summed E-state index contributed by atoms with van der Waals surface area (Å²) < 4.78 is 18.0. The maximum Gasteiger partial charge on any atom is 0.311 e. The van der Waals surface area contributed by atoms with Gasteiger partial charge in [-0.25, -0.2) is 0 Å². The van der Waals surface area contributed by atoms with E-state index in [0.717, 1.165) is 0 Å². The first kappa shape index (κ1) is 32.1. The van der Waals surface area contributed by atoms with Gasteiger partial charge in [-0.05, 0) is 58.8 Å². The Kier molecular flexibility index (Phi) is 10.8. The molecule has 0 amide bonds. The van der Waals surface area contributed by atoms with Gasteiger partial charge in [-0.2, -0.15) is 0 Å². The average Bonchev–Trinajstić information content (AvgIpc) is 2.80. The summed E-state index contributed by atoms with van der Waals surface area (Å²) in [7, 11) is 0. The molecule has 4 N–H and O–H groups in total. The second kappa shape index (κ2) is 12.4. The number of hydrogen-bond donors (Lipinski definition) is 4. The van der Waals surface area contributed by atoms with Crippen LogP contribution in [-0.2, 0) is 23.8 Å². The van der Waals surface area contributed by atoms with Crippen molar-refractivity contribution in [2.75, 3.05) is 0 Å². The molecule has 0 aromatic heterocycles. The fourth-order valence-corrected chi connectivity index (χ4v) is 6.24. The number of aliphatic hydroxyl groups is 4. The van der Waals surface area contributed by atoms with Crippen LogP contribution in [0.1, 0.15) is 88.0 Å². The van der Waals surface area contributed by atoms with Crippen molar-refractivity contribution < 1.29 is 44.2 Å². The number of ether oxygens (including phenoxy) is 3. The lowest BCUT2D eigenvalue weighted by Gasteiger charge is -2.42. The fourth-order valence-electron chi connectivity index (χ4n) is 6.24. The first-order valence-corrected chi connectivity index (χ1v) is 13.8. The summed E-state index contributed by atoms with van der Waals surface area (Å²) in [4.78, 5) is 26.5. The van der Waals surface area contributed by atoms with E-state index < -0.39 is 71.7 Å². The number of ketones is 1. The third-order valence-corrected chi connectivity index (χ3v) is 8.52. The number of Topliss-reactive ketones (excluding diaryl/α,β-unsaturated/α-hetero) is 1. The molecule has 2 rings (SSSR count). The molecule has 9 heteroatoms. The average molecular weight is 531 g/mol. The lowest BCUT2D eigenvalue weighted by molar-refractivity contribution is -0.262. The Bertz CT molecular complexity index is 770. The molecule has 0 unspecified atom stereocenters. The van der Waals surface area contributed by atoms with Crippen LogP contribution in [0, 0.1) is 29.6 Å². The van der Waals surface area contributed by atoms with E-state index in [0.29, 0.717) is 6.42 Å². The Morgan fingerprint density at radius 3 is 2.08 bits per heavy atom. The molecule has 37 heavy (non-hydrogen) atoms. The minimum atomic E-state index is -1.87. The molecule has 0 saturated carbocycles. The molecule has 0 aromatic carbocycles. The standard InChI is InChI=1S/C28H50O9/c1-10-20-28(9,34)25(31)17(5)22(29)15(3)12-27(8,33)13-16(4)24(18(6)26(32)36-20)37-21-11-14(2)23(30)19(7)35-21/h14-21,23-25,30-31,33-34H,10-13H2,1-9H3/t14-,15+,16+,17-,18+,19-,20+,21-,23+,24-,25+,27+,28+/m0/s1. The largest absolute Gasteiger partial charge is 0.459 e. The molecule has 2 aliphatic rings. The van der Waals surface area contributed by atoms with Crippen molar-refractivity contribution in [3.8, 4) is 0 Å². The smallest absolute Gasteiger partial charge is 0.311 e. The van der Waals surface area contributed by atoms with Gasteiger partial charge in [-0.3, -0.25) is 9.59 Å². The van der Waals surface area contributed by atoms with Crippen molar-refractivity contribution in [2.24, 2.45) is 29.6 Å². The predicted molar refractivity (Wildman–Crippen MR) is 137 cm³/mol. The maximum absolute atomic E-state index is 13.4. The van der Waals surface area contributed by atoms with Crippen molar-refractivity contribution in [3.05, 3.63) is 0 Å². The van der Waals surface area contributed by atoms with E-state index in [2.05, 4.69) is 0 Å². The fraction of sp³-hybridized carbons (Fsp3) is 0.929. The highest BCUT2D eigenvalue weighted by molar-refractivity contribution is 5.83. The molecular weight excluding hydrogens is 480 g/mol. The van der Waals surface area contributed by atoms with Crippen molar-refractivity contribution in [1.29, 1.82) is 0 Å². The molecule has 2 fully saturated rings. The van der Waals surface area contributed by atoms with Crippen LogP contribution in [0.3, 0.4) is 0 Å². The zero-order valence-electron chi connectivity index (χ0n) is 24.0. The molecule has 2 saturated heterocycles. The van der Waals surface area contributed by atoms with Gasteiger partial charge in [0.25, 0.3) is 0 Å². The summed E-state index contributed by atoms with van der Waals surface area (Å²) in [6, 6.07) is 0. The molecule has 13 atom stereocenters. The highest BCUT2D eigenvalue weighted by Gasteiger charge is 2.48. The molecule has 2 heterocycles. The van der Waals surface area contributed by atoms with Crippen LogP contribution < -0.4 is 0 Å². The van der Waals surface area contributed by atoms with Crippen molar-refractivity contribution in [3.63, 3.8) is 0 Å². The molecular formula is C28H50O9. The van der Waals surface area contributed by atoms with E-state index in [1.165, 1.54) is 6.92 Å². The van der Waals surface area contributed by atoms with Gasteiger partial charge < -0.3 is 34.6 Å². The van der Waals surface area contributed by atoms with Crippen LogP contribution in [-0.4, -0.2) is 80.2 Å². The first-order chi connectivity index (χ1) is 16.9. The van der Waals surface area contributed by atoms with Crippen molar-refractivity contribution in [2.45, 2.75) is 136 Å². The van der Waals surface area contributed by atoms with E-state index in [9.17, 15) is 30.0 Å². The molecule has 0 aliphatic carbocycles. The molecule has 0 aromatic rings. The normalized spacial score (nSPS) is 49.3. The molecule has 2 aliphatic heterocycles. The van der Waals surface area contributed by atoms with Gasteiger partial charge in [0.1, 0.15) is 17.5 Å². The van der Waals surface area contributed by atoms with Crippen LogP contribution in [0.15, 0.2) is 0 Å². The van der Waals surface area contributed by atoms with Crippen LogP contribution in [0.2, 0.25) is 0 Å². The van der Waals surface area contributed by atoms with Gasteiger partial charge in [0.05, 0.1) is 35.9 Å². The summed E-state index contributed by atoms with van der Waals surface area (Å²) in [5.41, 5.74) is -3.13. The van der Waals surface area contributed by atoms with E-state index in [4.69, 9.17) is 14.2 Å². The summed E-state index contributed by atoms with van der Waals surface area (Å²) in [5.74, 6) is -3.57. The second-order valence-electron chi connectivity index (χ2n) is 12.3. The maximum atomic E-state index is 13.4.